The van der Waals surface area contributed by atoms with Gasteiger partial charge in [0.1, 0.15) is 0 Å². The molecule has 1 fully saturated rings. The molecule has 1 saturated heterocycles. The Hall–Kier alpha value is -2.46. The summed E-state index contributed by atoms with van der Waals surface area (Å²) in [6.45, 7) is 5.65. The van der Waals surface area contributed by atoms with Gasteiger partial charge in [-0.05, 0) is 44.0 Å². The summed E-state index contributed by atoms with van der Waals surface area (Å²) in [4.78, 5) is 26.7. The Kier molecular flexibility index (Phi) is 6.18. The largest absolute Gasteiger partial charge is 0.345 e. The molecule has 1 amide bonds. The van der Waals surface area contributed by atoms with Gasteiger partial charge < -0.3 is 5.32 Å². The van der Waals surface area contributed by atoms with E-state index in [9.17, 15) is 9.59 Å². The Labute approximate surface area is 155 Å². The number of hydrogen-bond acceptors (Lipinski definition) is 3. The molecule has 4 heteroatoms. The predicted octanol–water partition coefficient (Wildman–Crippen LogP) is 3.48. The molecule has 2 aromatic rings. The fourth-order valence-corrected chi connectivity index (χ4v) is 3.24. The van der Waals surface area contributed by atoms with E-state index in [1.807, 2.05) is 31.2 Å². The smallest absolute Gasteiger partial charge is 0.292 e. The Balaban J connectivity index is 1.50. The van der Waals surface area contributed by atoms with Gasteiger partial charge in [0.25, 0.3) is 5.91 Å². The maximum atomic E-state index is 12.1. The Morgan fingerprint density at radius 3 is 2.15 bits per heavy atom. The van der Waals surface area contributed by atoms with Crippen LogP contribution in [0.5, 0.6) is 0 Å². The molecule has 0 aliphatic carbocycles. The average molecular weight is 350 g/mol. The van der Waals surface area contributed by atoms with Gasteiger partial charge in [-0.1, -0.05) is 60.5 Å². The number of Topliss-reactive ketones (excluding diaryl/α,β-unsaturated/α-hetero) is 1. The minimum absolute atomic E-state index is 0.362. The second-order valence-electron chi connectivity index (χ2n) is 7.03. The minimum Gasteiger partial charge on any atom is -0.345 e. The summed E-state index contributed by atoms with van der Waals surface area (Å²) in [5.41, 5.74) is 3.77. The molecular formula is C22H26N2O2. The van der Waals surface area contributed by atoms with Crippen molar-refractivity contribution in [1.29, 1.82) is 0 Å². The van der Waals surface area contributed by atoms with Crippen LogP contribution in [-0.2, 0) is 17.9 Å². The first-order valence-electron chi connectivity index (χ1n) is 9.31. The maximum Gasteiger partial charge on any atom is 0.292 e. The van der Waals surface area contributed by atoms with Crippen LogP contribution in [0.4, 0.5) is 0 Å². The third kappa shape index (κ3) is 5.02. The number of amides is 1. The van der Waals surface area contributed by atoms with Crippen molar-refractivity contribution in [1.82, 2.24) is 10.2 Å². The molecule has 0 aromatic heterocycles. The van der Waals surface area contributed by atoms with E-state index in [4.69, 9.17) is 0 Å². The average Bonchev–Trinajstić information content (AvgIpc) is 2.68. The Bertz CT molecular complexity index is 745. The molecule has 136 valence electrons. The lowest BCUT2D eigenvalue weighted by Crippen LogP contribution is -2.30. The predicted molar refractivity (Wildman–Crippen MR) is 103 cm³/mol. The van der Waals surface area contributed by atoms with Crippen molar-refractivity contribution < 1.29 is 9.59 Å². The van der Waals surface area contributed by atoms with E-state index in [0.29, 0.717) is 12.1 Å². The van der Waals surface area contributed by atoms with Crippen molar-refractivity contribution in [3.8, 4) is 0 Å². The number of likely N-dealkylation sites (tertiary alicyclic amines) is 1. The molecule has 26 heavy (non-hydrogen) atoms. The number of nitrogens with one attached hydrogen (secondary N) is 1. The van der Waals surface area contributed by atoms with Gasteiger partial charge in [0.2, 0.25) is 5.78 Å². The fourth-order valence-electron chi connectivity index (χ4n) is 3.24. The highest BCUT2D eigenvalue weighted by molar-refractivity contribution is 6.42. The number of carbonyl (C=O) groups is 2. The van der Waals surface area contributed by atoms with Gasteiger partial charge in [0, 0.05) is 18.7 Å². The number of carbonyl (C=O) groups excluding carboxylic acids is 2. The molecule has 0 atom stereocenters. The van der Waals surface area contributed by atoms with Crippen LogP contribution < -0.4 is 5.32 Å². The van der Waals surface area contributed by atoms with Gasteiger partial charge in [0.15, 0.2) is 0 Å². The van der Waals surface area contributed by atoms with Crippen LogP contribution in [0, 0.1) is 6.92 Å². The van der Waals surface area contributed by atoms with E-state index in [-0.39, 0.29) is 0 Å². The van der Waals surface area contributed by atoms with Gasteiger partial charge in [-0.2, -0.15) is 0 Å². The maximum absolute atomic E-state index is 12.1. The third-order valence-electron chi connectivity index (χ3n) is 4.85. The molecule has 0 saturated carbocycles. The molecule has 0 radical (unpaired) electrons. The Morgan fingerprint density at radius 2 is 1.50 bits per heavy atom. The van der Waals surface area contributed by atoms with E-state index in [2.05, 4.69) is 22.3 Å². The second kappa shape index (κ2) is 8.77. The lowest BCUT2D eigenvalue weighted by molar-refractivity contribution is -0.117. The molecule has 0 unspecified atom stereocenters. The van der Waals surface area contributed by atoms with E-state index in [1.165, 1.54) is 37.9 Å². The van der Waals surface area contributed by atoms with Crippen molar-refractivity contribution in [2.45, 2.75) is 39.3 Å². The molecule has 1 aliphatic heterocycles. The first-order chi connectivity index (χ1) is 12.6. The van der Waals surface area contributed by atoms with E-state index in [0.717, 1.165) is 17.7 Å². The Morgan fingerprint density at radius 1 is 0.885 bits per heavy atom. The second-order valence-corrected chi connectivity index (χ2v) is 7.03. The van der Waals surface area contributed by atoms with Crippen LogP contribution >= 0.6 is 0 Å². The van der Waals surface area contributed by atoms with E-state index in [1.54, 1.807) is 12.1 Å². The van der Waals surface area contributed by atoms with Gasteiger partial charge in [-0.25, -0.2) is 0 Å². The van der Waals surface area contributed by atoms with Crippen molar-refractivity contribution >= 4 is 11.7 Å². The number of rotatable bonds is 6. The zero-order chi connectivity index (χ0) is 18.4. The van der Waals surface area contributed by atoms with Crippen molar-refractivity contribution in [3.63, 3.8) is 0 Å². The SMILES string of the molecule is Cc1ccc(C(=O)C(=O)NCc2ccc(CN3CCCCC3)cc2)cc1. The zero-order valence-corrected chi connectivity index (χ0v) is 15.3. The molecule has 0 bridgehead atoms. The van der Waals surface area contributed by atoms with Crippen LogP contribution in [0.25, 0.3) is 0 Å². The fraction of sp³-hybridized carbons (Fsp3) is 0.364. The van der Waals surface area contributed by atoms with E-state index >= 15 is 0 Å². The highest BCUT2D eigenvalue weighted by Gasteiger charge is 2.15. The number of piperidine rings is 1. The number of aryl methyl sites for hydroxylation is 1. The number of benzene rings is 2. The first-order valence-corrected chi connectivity index (χ1v) is 9.31. The topological polar surface area (TPSA) is 49.4 Å². The molecule has 1 aliphatic rings. The van der Waals surface area contributed by atoms with Gasteiger partial charge in [0.05, 0.1) is 0 Å². The molecular weight excluding hydrogens is 324 g/mol. The first kappa shape index (κ1) is 18.3. The van der Waals surface area contributed by atoms with Crippen molar-refractivity contribution in [2.24, 2.45) is 0 Å². The van der Waals surface area contributed by atoms with Crippen LogP contribution in [0.15, 0.2) is 48.5 Å². The van der Waals surface area contributed by atoms with Crippen molar-refractivity contribution in [3.05, 3.63) is 70.8 Å². The lowest BCUT2D eigenvalue weighted by Gasteiger charge is -2.26. The van der Waals surface area contributed by atoms with Gasteiger partial charge in [-0.3, -0.25) is 14.5 Å². The normalized spacial score (nSPS) is 14.8. The molecule has 1 N–H and O–H groups in total. The summed E-state index contributed by atoms with van der Waals surface area (Å²) in [7, 11) is 0. The minimum atomic E-state index is -0.564. The summed E-state index contributed by atoms with van der Waals surface area (Å²) >= 11 is 0. The molecule has 2 aromatic carbocycles. The number of hydrogen-bond donors (Lipinski definition) is 1. The summed E-state index contributed by atoms with van der Waals surface area (Å²) in [6.07, 6.45) is 3.93. The van der Waals surface area contributed by atoms with Crippen LogP contribution in [0.2, 0.25) is 0 Å². The highest BCUT2D eigenvalue weighted by atomic mass is 16.2. The third-order valence-corrected chi connectivity index (χ3v) is 4.85. The summed E-state index contributed by atoms with van der Waals surface area (Å²) < 4.78 is 0. The quantitative estimate of drug-likeness (QED) is 0.641. The monoisotopic (exact) mass is 350 g/mol. The summed E-state index contributed by atoms with van der Waals surface area (Å²) in [5.74, 6) is -1.06. The van der Waals surface area contributed by atoms with Crippen molar-refractivity contribution in [2.75, 3.05) is 13.1 Å². The van der Waals surface area contributed by atoms with Gasteiger partial charge in [-0.15, -0.1) is 0 Å². The standard InChI is InChI=1S/C22H26N2O2/c1-17-5-11-20(12-6-17)21(25)22(26)23-15-18-7-9-19(10-8-18)16-24-13-3-2-4-14-24/h5-12H,2-4,13-16H2,1H3,(H,23,26). The number of ketones is 1. The molecule has 0 spiro atoms. The molecule has 3 rings (SSSR count). The number of nitrogens with zero attached hydrogens (tertiary/aromatic N) is 1. The molecule has 1 heterocycles. The van der Waals surface area contributed by atoms with Crippen LogP contribution in [-0.4, -0.2) is 29.7 Å². The highest BCUT2D eigenvalue weighted by Crippen LogP contribution is 2.13. The molecule has 4 nitrogen and oxygen atoms in total. The van der Waals surface area contributed by atoms with E-state index < -0.39 is 11.7 Å². The van der Waals surface area contributed by atoms with Crippen LogP contribution in [0.3, 0.4) is 0 Å². The van der Waals surface area contributed by atoms with Gasteiger partial charge >= 0.3 is 0 Å². The summed E-state index contributed by atoms with van der Waals surface area (Å²) in [5, 5.41) is 2.71. The van der Waals surface area contributed by atoms with Crippen LogP contribution in [0.1, 0.15) is 46.3 Å². The zero-order valence-electron chi connectivity index (χ0n) is 15.3. The lowest BCUT2D eigenvalue weighted by atomic mass is 10.1. The summed E-state index contributed by atoms with van der Waals surface area (Å²) in [6, 6.07) is 15.3.